The van der Waals surface area contributed by atoms with Gasteiger partial charge in [0.15, 0.2) is 0 Å². The third-order valence-corrected chi connectivity index (χ3v) is 5.16. The molecule has 0 saturated carbocycles. The number of hydrogen-bond donors (Lipinski definition) is 1. The molecule has 2 aromatic carbocycles. The van der Waals surface area contributed by atoms with Crippen LogP contribution in [0.5, 0.6) is 5.75 Å². The number of methoxy groups -OCH3 is 1. The van der Waals surface area contributed by atoms with Crippen LogP contribution in [0.15, 0.2) is 59.3 Å². The van der Waals surface area contributed by atoms with Crippen molar-refractivity contribution in [1.29, 1.82) is 0 Å². The SMILES string of the molecule is COc1ccc(C2=C(c3cn(C)c4ccccc34)C(=O)NC2=O)c2occc12. The quantitative estimate of drug-likeness (QED) is 0.559. The third kappa shape index (κ3) is 2.15. The highest BCUT2D eigenvalue weighted by molar-refractivity contribution is 6.50. The van der Waals surface area contributed by atoms with Crippen molar-refractivity contribution < 1.29 is 18.7 Å². The van der Waals surface area contributed by atoms with E-state index < -0.39 is 11.8 Å². The number of aromatic nitrogens is 1. The molecule has 0 radical (unpaired) electrons. The number of nitrogens with one attached hydrogen (secondary N) is 1. The van der Waals surface area contributed by atoms with E-state index in [9.17, 15) is 9.59 Å². The Bertz CT molecular complexity index is 1320. The highest BCUT2D eigenvalue weighted by atomic mass is 16.5. The fourth-order valence-corrected chi connectivity index (χ4v) is 3.92. The molecule has 2 amide bonds. The Morgan fingerprint density at radius 3 is 2.46 bits per heavy atom. The van der Waals surface area contributed by atoms with Crippen LogP contribution < -0.4 is 10.1 Å². The van der Waals surface area contributed by atoms with Crippen LogP contribution in [0.4, 0.5) is 0 Å². The van der Waals surface area contributed by atoms with Crippen molar-refractivity contribution in [2.45, 2.75) is 0 Å². The fourth-order valence-electron chi connectivity index (χ4n) is 3.92. The first-order valence-corrected chi connectivity index (χ1v) is 8.79. The van der Waals surface area contributed by atoms with Gasteiger partial charge in [-0.2, -0.15) is 0 Å². The van der Waals surface area contributed by atoms with Gasteiger partial charge in [-0.1, -0.05) is 18.2 Å². The van der Waals surface area contributed by atoms with Crippen molar-refractivity contribution in [3.05, 3.63) is 66.1 Å². The molecule has 0 saturated heterocycles. The maximum atomic E-state index is 12.8. The highest BCUT2D eigenvalue weighted by Crippen LogP contribution is 2.40. The zero-order chi connectivity index (χ0) is 19.4. The molecule has 0 spiro atoms. The van der Waals surface area contributed by atoms with Crippen LogP contribution in [0.3, 0.4) is 0 Å². The number of carbonyl (C=O) groups excluding carboxylic acids is 2. The van der Waals surface area contributed by atoms with Crippen molar-refractivity contribution in [3.8, 4) is 5.75 Å². The molecule has 3 heterocycles. The van der Waals surface area contributed by atoms with Gasteiger partial charge in [-0.25, -0.2) is 0 Å². The van der Waals surface area contributed by atoms with Gasteiger partial charge >= 0.3 is 0 Å². The number of imide groups is 1. The molecule has 1 aliphatic heterocycles. The Labute approximate surface area is 160 Å². The molecule has 1 N–H and O–H groups in total. The molecule has 0 bridgehead atoms. The van der Waals surface area contributed by atoms with Gasteiger partial charge in [-0.15, -0.1) is 0 Å². The molecule has 5 rings (SSSR count). The van der Waals surface area contributed by atoms with E-state index in [0.29, 0.717) is 33.6 Å². The van der Waals surface area contributed by atoms with Gasteiger partial charge in [0.25, 0.3) is 11.8 Å². The maximum Gasteiger partial charge on any atom is 0.259 e. The number of ether oxygens (including phenoxy) is 1. The summed E-state index contributed by atoms with van der Waals surface area (Å²) in [5.41, 5.74) is 3.43. The summed E-state index contributed by atoms with van der Waals surface area (Å²) in [5, 5.41) is 4.10. The first kappa shape index (κ1) is 16.4. The normalized spacial score (nSPS) is 14.4. The largest absolute Gasteiger partial charge is 0.496 e. The van der Waals surface area contributed by atoms with Crippen molar-refractivity contribution >= 4 is 44.8 Å². The molecule has 0 unspecified atom stereocenters. The smallest absolute Gasteiger partial charge is 0.259 e. The standard InChI is InChI=1S/C22H16N2O4/c1-24-11-15(12-5-3-4-6-16(12)24)19-18(21(25)23-22(19)26)14-7-8-17(27-2)13-9-10-28-20(13)14/h3-11H,1-2H3,(H,23,25,26). The summed E-state index contributed by atoms with van der Waals surface area (Å²) in [6, 6.07) is 13.1. The van der Waals surface area contributed by atoms with Crippen molar-refractivity contribution in [1.82, 2.24) is 9.88 Å². The molecule has 1 aliphatic rings. The zero-order valence-electron chi connectivity index (χ0n) is 15.3. The maximum absolute atomic E-state index is 12.8. The molecule has 6 nitrogen and oxygen atoms in total. The lowest BCUT2D eigenvalue weighted by molar-refractivity contribution is -0.122. The zero-order valence-corrected chi connectivity index (χ0v) is 15.3. The number of rotatable bonds is 3. The predicted octanol–water partition coefficient (Wildman–Crippen LogP) is 3.50. The molecular formula is C22H16N2O4. The summed E-state index contributed by atoms with van der Waals surface area (Å²) in [6.07, 6.45) is 3.42. The van der Waals surface area contributed by atoms with E-state index >= 15 is 0 Å². The second-order valence-electron chi connectivity index (χ2n) is 6.68. The van der Waals surface area contributed by atoms with Crippen LogP contribution in [0.25, 0.3) is 33.0 Å². The minimum Gasteiger partial charge on any atom is -0.496 e. The number of amides is 2. The molecule has 6 heteroatoms. The molecular weight excluding hydrogens is 356 g/mol. The Morgan fingerprint density at radius 2 is 1.68 bits per heavy atom. The number of carbonyl (C=O) groups is 2. The average molecular weight is 372 g/mol. The van der Waals surface area contributed by atoms with E-state index in [1.807, 2.05) is 42.1 Å². The van der Waals surface area contributed by atoms with Crippen LogP contribution in [-0.2, 0) is 16.6 Å². The average Bonchev–Trinajstić information content (AvgIpc) is 3.38. The summed E-state index contributed by atoms with van der Waals surface area (Å²) in [4.78, 5) is 25.5. The Hall–Kier alpha value is -3.80. The van der Waals surface area contributed by atoms with Crippen LogP contribution >= 0.6 is 0 Å². The number of hydrogen-bond acceptors (Lipinski definition) is 4. The van der Waals surface area contributed by atoms with E-state index in [2.05, 4.69) is 5.32 Å². The monoisotopic (exact) mass is 372 g/mol. The summed E-state index contributed by atoms with van der Waals surface area (Å²) in [6.45, 7) is 0. The van der Waals surface area contributed by atoms with Gasteiger partial charge < -0.3 is 13.7 Å². The number of fused-ring (bicyclic) bond motifs is 2. The second kappa shape index (κ2) is 5.85. The number of aryl methyl sites for hydroxylation is 1. The van der Waals surface area contributed by atoms with E-state index in [0.717, 1.165) is 16.3 Å². The lowest BCUT2D eigenvalue weighted by atomic mass is 9.95. The first-order chi connectivity index (χ1) is 13.6. The summed E-state index contributed by atoms with van der Waals surface area (Å²) in [5.74, 6) is -0.202. The van der Waals surface area contributed by atoms with Crippen LogP contribution in [-0.4, -0.2) is 23.5 Å². The van der Waals surface area contributed by atoms with Gasteiger partial charge in [0, 0.05) is 35.3 Å². The van der Waals surface area contributed by atoms with Gasteiger partial charge in [-0.3, -0.25) is 14.9 Å². The van der Waals surface area contributed by atoms with E-state index in [4.69, 9.17) is 9.15 Å². The summed E-state index contributed by atoms with van der Waals surface area (Å²) < 4.78 is 13.0. The van der Waals surface area contributed by atoms with Crippen LogP contribution in [0, 0.1) is 0 Å². The second-order valence-corrected chi connectivity index (χ2v) is 6.68. The van der Waals surface area contributed by atoms with Crippen LogP contribution in [0.2, 0.25) is 0 Å². The number of nitrogens with zero attached hydrogens (tertiary/aromatic N) is 1. The molecule has 2 aromatic heterocycles. The lowest BCUT2D eigenvalue weighted by Gasteiger charge is -2.07. The summed E-state index contributed by atoms with van der Waals surface area (Å²) in [7, 11) is 3.49. The van der Waals surface area contributed by atoms with E-state index in [-0.39, 0.29) is 0 Å². The number of benzene rings is 2. The van der Waals surface area contributed by atoms with Crippen LogP contribution in [0.1, 0.15) is 11.1 Å². The topological polar surface area (TPSA) is 73.5 Å². The van der Waals surface area contributed by atoms with Crippen molar-refractivity contribution in [2.24, 2.45) is 7.05 Å². The molecule has 0 aliphatic carbocycles. The fraction of sp³-hybridized carbons (Fsp3) is 0.0909. The van der Waals surface area contributed by atoms with Crippen molar-refractivity contribution in [3.63, 3.8) is 0 Å². The first-order valence-electron chi connectivity index (χ1n) is 8.79. The number of para-hydroxylation sites is 1. The Balaban J connectivity index is 1.86. The van der Waals surface area contributed by atoms with Gasteiger partial charge in [0.1, 0.15) is 11.3 Å². The minimum atomic E-state index is -0.434. The van der Waals surface area contributed by atoms with Gasteiger partial charge in [-0.05, 0) is 24.3 Å². The Morgan fingerprint density at radius 1 is 0.929 bits per heavy atom. The molecule has 28 heavy (non-hydrogen) atoms. The number of furan rings is 1. The van der Waals surface area contributed by atoms with E-state index in [1.54, 1.807) is 31.6 Å². The minimum absolute atomic E-state index is 0.309. The predicted molar refractivity (Wildman–Crippen MR) is 106 cm³/mol. The van der Waals surface area contributed by atoms with E-state index in [1.165, 1.54) is 0 Å². The van der Waals surface area contributed by atoms with Gasteiger partial charge in [0.2, 0.25) is 0 Å². The molecule has 4 aromatic rings. The molecule has 138 valence electrons. The summed E-state index contributed by atoms with van der Waals surface area (Å²) >= 11 is 0. The molecule has 0 fully saturated rings. The van der Waals surface area contributed by atoms with Gasteiger partial charge in [0.05, 0.1) is 29.9 Å². The Kier molecular flexibility index (Phi) is 3.42. The third-order valence-electron chi connectivity index (χ3n) is 5.16. The molecule has 0 atom stereocenters. The van der Waals surface area contributed by atoms with Crippen molar-refractivity contribution in [2.75, 3.05) is 7.11 Å². The lowest BCUT2D eigenvalue weighted by Crippen LogP contribution is -2.22. The highest BCUT2D eigenvalue weighted by Gasteiger charge is 2.35.